The molecule has 6 heteroatoms. The van der Waals surface area contributed by atoms with Crippen molar-refractivity contribution in [2.75, 3.05) is 13.1 Å². The van der Waals surface area contributed by atoms with Crippen LogP contribution < -0.4 is 0 Å². The van der Waals surface area contributed by atoms with Crippen molar-refractivity contribution < 1.29 is 23.5 Å². The second kappa shape index (κ2) is 5.34. The molecular weight excluding hydrogens is 256 g/mol. The van der Waals surface area contributed by atoms with E-state index < -0.39 is 23.5 Å². The van der Waals surface area contributed by atoms with E-state index in [4.69, 9.17) is 5.11 Å². The molecular formula is C13H13F2NO3. The highest BCUT2D eigenvalue weighted by Crippen LogP contribution is 2.18. The van der Waals surface area contributed by atoms with Crippen molar-refractivity contribution >= 4 is 11.9 Å². The van der Waals surface area contributed by atoms with E-state index in [2.05, 4.69) is 0 Å². The predicted octanol–water partition coefficient (Wildman–Crippen LogP) is 1.44. The molecule has 19 heavy (non-hydrogen) atoms. The molecule has 4 nitrogen and oxygen atoms in total. The zero-order chi connectivity index (χ0) is 14.0. The van der Waals surface area contributed by atoms with E-state index in [9.17, 15) is 18.4 Å². The van der Waals surface area contributed by atoms with E-state index in [-0.39, 0.29) is 24.4 Å². The van der Waals surface area contributed by atoms with Gasteiger partial charge in [-0.2, -0.15) is 0 Å². The van der Waals surface area contributed by atoms with Crippen molar-refractivity contribution in [3.05, 3.63) is 35.4 Å². The summed E-state index contributed by atoms with van der Waals surface area (Å²) in [4.78, 5) is 24.0. The van der Waals surface area contributed by atoms with Gasteiger partial charge in [0.15, 0.2) is 0 Å². The van der Waals surface area contributed by atoms with E-state index in [0.717, 1.165) is 18.2 Å². The largest absolute Gasteiger partial charge is 0.481 e. The second-order valence-corrected chi connectivity index (χ2v) is 4.58. The van der Waals surface area contributed by atoms with Crippen LogP contribution in [0.2, 0.25) is 0 Å². The molecule has 1 aromatic rings. The monoisotopic (exact) mass is 269 g/mol. The summed E-state index contributed by atoms with van der Waals surface area (Å²) in [6.07, 6.45) is 0.142. The number of hydrogen-bond acceptors (Lipinski definition) is 2. The number of aliphatic carboxylic acids is 1. The summed E-state index contributed by atoms with van der Waals surface area (Å²) in [6, 6.07) is 2.94. The van der Waals surface area contributed by atoms with E-state index >= 15 is 0 Å². The molecule has 1 heterocycles. The van der Waals surface area contributed by atoms with Crippen LogP contribution in [-0.2, 0) is 16.0 Å². The first-order valence-electron chi connectivity index (χ1n) is 5.92. The van der Waals surface area contributed by atoms with Crippen molar-refractivity contribution in [2.24, 2.45) is 5.92 Å². The molecule has 0 aliphatic carbocycles. The van der Waals surface area contributed by atoms with Crippen LogP contribution in [0.15, 0.2) is 18.2 Å². The third kappa shape index (κ3) is 3.07. The average molecular weight is 269 g/mol. The molecule has 102 valence electrons. The number of carbonyl (C=O) groups is 2. The fourth-order valence-electron chi connectivity index (χ4n) is 2.14. The molecule has 1 amide bonds. The minimum Gasteiger partial charge on any atom is -0.481 e. The predicted molar refractivity (Wildman–Crippen MR) is 62.4 cm³/mol. The Bertz CT molecular complexity index is 519. The van der Waals surface area contributed by atoms with Gasteiger partial charge in [-0.05, 0) is 24.6 Å². The first kappa shape index (κ1) is 13.5. The molecule has 1 aliphatic rings. The minimum absolute atomic E-state index is 0.0104. The lowest BCUT2D eigenvalue weighted by Gasteiger charge is -2.16. The van der Waals surface area contributed by atoms with Crippen molar-refractivity contribution in [3.63, 3.8) is 0 Å². The second-order valence-electron chi connectivity index (χ2n) is 4.58. The molecule has 1 atom stereocenters. The molecule has 1 aliphatic heterocycles. The first-order chi connectivity index (χ1) is 8.97. The van der Waals surface area contributed by atoms with Crippen molar-refractivity contribution in [1.82, 2.24) is 4.90 Å². The van der Waals surface area contributed by atoms with Gasteiger partial charge in [0.2, 0.25) is 5.91 Å². The van der Waals surface area contributed by atoms with Crippen LogP contribution in [0.3, 0.4) is 0 Å². The maximum absolute atomic E-state index is 13.4. The molecule has 2 rings (SSSR count). The number of benzene rings is 1. The van der Waals surface area contributed by atoms with E-state index in [0.29, 0.717) is 13.0 Å². The highest BCUT2D eigenvalue weighted by atomic mass is 19.1. The van der Waals surface area contributed by atoms with Gasteiger partial charge in [0.25, 0.3) is 0 Å². The molecule has 0 saturated carbocycles. The number of carbonyl (C=O) groups excluding carboxylic acids is 1. The summed E-state index contributed by atoms with van der Waals surface area (Å²) < 4.78 is 26.4. The van der Waals surface area contributed by atoms with E-state index in [1.165, 1.54) is 4.90 Å². The zero-order valence-corrected chi connectivity index (χ0v) is 10.1. The van der Waals surface area contributed by atoms with E-state index in [1.807, 2.05) is 0 Å². The Morgan fingerprint density at radius 3 is 2.74 bits per heavy atom. The summed E-state index contributed by atoms with van der Waals surface area (Å²) in [7, 11) is 0. The third-order valence-corrected chi connectivity index (χ3v) is 3.24. The Labute approximate surface area is 108 Å². The van der Waals surface area contributed by atoms with Gasteiger partial charge in [0.05, 0.1) is 12.3 Å². The number of nitrogens with zero attached hydrogens (tertiary/aromatic N) is 1. The highest BCUT2D eigenvalue weighted by molar-refractivity contribution is 5.80. The number of hydrogen-bond donors (Lipinski definition) is 1. The molecule has 1 fully saturated rings. The Kier molecular flexibility index (Phi) is 3.78. The summed E-state index contributed by atoms with van der Waals surface area (Å²) in [5.41, 5.74) is -0.0104. The van der Waals surface area contributed by atoms with E-state index in [1.54, 1.807) is 0 Å². The van der Waals surface area contributed by atoms with Gasteiger partial charge in [-0.3, -0.25) is 9.59 Å². The Morgan fingerprint density at radius 2 is 2.11 bits per heavy atom. The smallest absolute Gasteiger partial charge is 0.308 e. The zero-order valence-electron chi connectivity index (χ0n) is 10.1. The van der Waals surface area contributed by atoms with Crippen LogP contribution in [0, 0.1) is 17.6 Å². The van der Waals surface area contributed by atoms with Gasteiger partial charge in [-0.15, -0.1) is 0 Å². The summed E-state index contributed by atoms with van der Waals surface area (Å²) in [5, 5.41) is 8.84. The molecule has 1 N–H and O–H groups in total. The minimum atomic E-state index is -0.938. The number of rotatable bonds is 3. The lowest BCUT2D eigenvalue weighted by Crippen LogP contribution is -2.31. The highest BCUT2D eigenvalue weighted by Gasteiger charge is 2.30. The van der Waals surface area contributed by atoms with Gasteiger partial charge in [-0.1, -0.05) is 0 Å². The third-order valence-electron chi connectivity index (χ3n) is 3.24. The fourth-order valence-corrected chi connectivity index (χ4v) is 2.14. The van der Waals surface area contributed by atoms with Crippen molar-refractivity contribution in [3.8, 4) is 0 Å². The Hall–Kier alpha value is -1.98. The quantitative estimate of drug-likeness (QED) is 0.903. The number of carboxylic acid groups (broad SMARTS) is 1. The first-order valence-corrected chi connectivity index (χ1v) is 5.92. The molecule has 0 radical (unpaired) electrons. The molecule has 1 aromatic carbocycles. The van der Waals surface area contributed by atoms with Crippen molar-refractivity contribution in [2.45, 2.75) is 12.8 Å². The molecule has 0 aromatic heterocycles. The SMILES string of the molecule is O=C(O)[C@@H]1CCN(C(=O)Cc2cc(F)ccc2F)C1. The molecule has 0 bridgehead atoms. The van der Waals surface area contributed by atoms with Gasteiger partial charge >= 0.3 is 5.97 Å². The van der Waals surface area contributed by atoms with Crippen molar-refractivity contribution in [1.29, 1.82) is 0 Å². The number of halogens is 2. The van der Waals surface area contributed by atoms with Crippen LogP contribution in [-0.4, -0.2) is 35.0 Å². The summed E-state index contributed by atoms with van der Waals surface area (Å²) in [5.74, 6) is -3.13. The van der Waals surface area contributed by atoms with Gasteiger partial charge in [0.1, 0.15) is 11.6 Å². The van der Waals surface area contributed by atoms with Gasteiger partial charge in [-0.25, -0.2) is 8.78 Å². The maximum atomic E-state index is 13.4. The fraction of sp³-hybridized carbons (Fsp3) is 0.385. The average Bonchev–Trinajstić information content (AvgIpc) is 2.83. The Balaban J connectivity index is 2.02. The van der Waals surface area contributed by atoms with Crippen LogP contribution >= 0.6 is 0 Å². The van der Waals surface area contributed by atoms with Gasteiger partial charge < -0.3 is 10.0 Å². The van der Waals surface area contributed by atoms with Gasteiger partial charge in [0, 0.05) is 18.7 Å². The lowest BCUT2D eigenvalue weighted by molar-refractivity contribution is -0.141. The van der Waals surface area contributed by atoms with Crippen LogP contribution in [0.5, 0.6) is 0 Å². The lowest BCUT2D eigenvalue weighted by atomic mass is 10.1. The number of amides is 1. The Morgan fingerprint density at radius 1 is 1.37 bits per heavy atom. The molecule has 0 spiro atoms. The summed E-state index contributed by atoms with van der Waals surface area (Å²) >= 11 is 0. The van der Waals surface area contributed by atoms with Crippen LogP contribution in [0.4, 0.5) is 8.78 Å². The number of carboxylic acids is 1. The number of likely N-dealkylation sites (tertiary alicyclic amines) is 1. The van der Waals surface area contributed by atoms with Crippen LogP contribution in [0.25, 0.3) is 0 Å². The molecule has 0 unspecified atom stereocenters. The van der Waals surface area contributed by atoms with Crippen LogP contribution in [0.1, 0.15) is 12.0 Å². The molecule has 1 saturated heterocycles. The topological polar surface area (TPSA) is 57.6 Å². The normalized spacial score (nSPS) is 18.6. The maximum Gasteiger partial charge on any atom is 0.308 e. The summed E-state index contributed by atoms with van der Waals surface area (Å²) in [6.45, 7) is 0.470. The standard InChI is InChI=1S/C13H13F2NO3/c14-10-1-2-11(15)9(5-10)6-12(17)16-4-3-8(7-16)13(18)19/h1-2,5,8H,3-4,6-7H2,(H,18,19)/t8-/m1/s1.